The highest BCUT2D eigenvalue weighted by molar-refractivity contribution is 5.96. The molecule has 2 aromatic carbocycles. The summed E-state index contributed by atoms with van der Waals surface area (Å²) in [4.78, 5) is 20.5. The monoisotopic (exact) mass is 348 g/mol. The predicted octanol–water partition coefficient (Wildman–Crippen LogP) is 3.66. The molecule has 0 aliphatic heterocycles. The molecule has 0 spiro atoms. The topological polar surface area (TPSA) is 76.1 Å². The fourth-order valence-corrected chi connectivity index (χ4v) is 2.49. The Morgan fingerprint density at radius 2 is 1.81 bits per heavy atom. The van der Waals surface area contributed by atoms with E-state index in [-0.39, 0.29) is 0 Å². The van der Waals surface area contributed by atoms with E-state index in [9.17, 15) is 4.79 Å². The number of para-hydroxylation sites is 1. The van der Waals surface area contributed by atoms with E-state index in [0.29, 0.717) is 23.0 Å². The molecule has 0 saturated carbocycles. The Morgan fingerprint density at radius 1 is 1.04 bits per heavy atom. The standard InChI is InChI=1S/C20H20N4O2/c1-26-19(25)16-9-5-6-10-17(16)23-18-12-14-22-20(24-18)21-13-11-15-7-3-2-4-8-15/h2-10,12,14H,11,13H2,1H3,(H2,21,22,23,24). The van der Waals surface area contributed by atoms with Gasteiger partial charge in [0.05, 0.1) is 18.4 Å². The van der Waals surface area contributed by atoms with Gasteiger partial charge in [0.1, 0.15) is 5.82 Å². The molecule has 3 rings (SSSR count). The second-order valence-electron chi connectivity index (χ2n) is 5.59. The van der Waals surface area contributed by atoms with E-state index in [1.54, 1.807) is 30.5 Å². The van der Waals surface area contributed by atoms with Gasteiger partial charge in [0.15, 0.2) is 0 Å². The number of rotatable bonds is 7. The fraction of sp³-hybridized carbons (Fsp3) is 0.150. The summed E-state index contributed by atoms with van der Waals surface area (Å²) in [5.41, 5.74) is 2.33. The van der Waals surface area contributed by atoms with Crippen LogP contribution in [0.3, 0.4) is 0 Å². The summed E-state index contributed by atoms with van der Waals surface area (Å²) in [6, 6.07) is 19.1. The Bertz CT molecular complexity index is 868. The Morgan fingerprint density at radius 3 is 2.62 bits per heavy atom. The van der Waals surface area contributed by atoms with Crippen molar-refractivity contribution in [1.82, 2.24) is 9.97 Å². The molecule has 0 amide bonds. The Hall–Kier alpha value is -3.41. The average Bonchev–Trinajstić information content (AvgIpc) is 2.69. The van der Waals surface area contributed by atoms with Crippen molar-refractivity contribution in [2.24, 2.45) is 0 Å². The van der Waals surface area contributed by atoms with E-state index < -0.39 is 5.97 Å². The minimum Gasteiger partial charge on any atom is -0.465 e. The van der Waals surface area contributed by atoms with Crippen LogP contribution in [0.1, 0.15) is 15.9 Å². The lowest BCUT2D eigenvalue weighted by Gasteiger charge is -2.11. The van der Waals surface area contributed by atoms with Gasteiger partial charge in [-0.15, -0.1) is 0 Å². The van der Waals surface area contributed by atoms with Gasteiger partial charge in [-0.3, -0.25) is 0 Å². The molecule has 2 N–H and O–H groups in total. The van der Waals surface area contributed by atoms with Crippen molar-refractivity contribution in [3.8, 4) is 0 Å². The molecule has 1 aromatic heterocycles. The molecular formula is C20H20N4O2. The summed E-state index contributed by atoms with van der Waals surface area (Å²) >= 11 is 0. The molecule has 0 aliphatic carbocycles. The highest BCUT2D eigenvalue weighted by Crippen LogP contribution is 2.20. The van der Waals surface area contributed by atoms with Crippen LogP contribution in [0, 0.1) is 0 Å². The lowest BCUT2D eigenvalue weighted by Crippen LogP contribution is -2.09. The van der Waals surface area contributed by atoms with Crippen LogP contribution in [0.25, 0.3) is 0 Å². The molecule has 6 nitrogen and oxygen atoms in total. The number of carbonyl (C=O) groups is 1. The molecule has 26 heavy (non-hydrogen) atoms. The number of hydrogen-bond donors (Lipinski definition) is 2. The first-order chi connectivity index (χ1) is 12.8. The molecule has 6 heteroatoms. The van der Waals surface area contributed by atoms with Gasteiger partial charge in [-0.05, 0) is 30.2 Å². The van der Waals surface area contributed by atoms with Crippen molar-refractivity contribution in [1.29, 1.82) is 0 Å². The Kier molecular flexibility index (Phi) is 5.77. The number of aromatic nitrogens is 2. The summed E-state index contributed by atoms with van der Waals surface area (Å²) in [5, 5.41) is 6.36. The molecule has 132 valence electrons. The van der Waals surface area contributed by atoms with Crippen LogP contribution in [0.15, 0.2) is 66.9 Å². The highest BCUT2D eigenvalue weighted by atomic mass is 16.5. The van der Waals surface area contributed by atoms with E-state index in [2.05, 4.69) is 32.7 Å². The lowest BCUT2D eigenvalue weighted by molar-refractivity contribution is 0.0602. The van der Waals surface area contributed by atoms with Crippen LogP contribution in [0.5, 0.6) is 0 Å². The van der Waals surface area contributed by atoms with Gasteiger partial charge >= 0.3 is 5.97 Å². The van der Waals surface area contributed by atoms with Crippen LogP contribution >= 0.6 is 0 Å². The predicted molar refractivity (Wildman–Crippen MR) is 102 cm³/mol. The molecule has 1 heterocycles. The number of esters is 1. The minimum absolute atomic E-state index is 0.400. The van der Waals surface area contributed by atoms with Crippen LogP contribution in [0.4, 0.5) is 17.5 Å². The average molecular weight is 348 g/mol. The van der Waals surface area contributed by atoms with Crippen molar-refractivity contribution in [3.63, 3.8) is 0 Å². The van der Waals surface area contributed by atoms with Crippen molar-refractivity contribution in [2.45, 2.75) is 6.42 Å². The molecule has 0 fully saturated rings. The molecular weight excluding hydrogens is 328 g/mol. The van der Waals surface area contributed by atoms with E-state index in [4.69, 9.17) is 4.74 Å². The Labute approximate surface area is 152 Å². The van der Waals surface area contributed by atoms with E-state index in [1.165, 1.54) is 12.7 Å². The van der Waals surface area contributed by atoms with Crippen molar-refractivity contribution < 1.29 is 9.53 Å². The normalized spacial score (nSPS) is 10.2. The quantitative estimate of drug-likeness (QED) is 0.635. The number of hydrogen-bond acceptors (Lipinski definition) is 6. The second-order valence-corrected chi connectivity index (χ2v) is 5.59. The lowest BCUT2D eigenvalue weighted by atomic mass is 10.1. The molecule has 0 unspecified atom stereocenters. The zero-order chi connectivity index (χ0) is 18.2. The van der Waals surface area contributed by atoms with Gasteiger partial charge in [0.2, 0.25) is 5.95 Å². The third kappa shape index (κ3) is 4.57. The second kappa shape index (κ2) is 8.62. The van der Waals surface area contributed by atoms with Crippen LogP contribution < -0.4 is 10.6 Å². The molecule has 0 saturated heterocycles. The number of ether oxygens (including phenoxy) is 1. The van der Waals surface area contributed by atoms with Crippen molar-refractivity contribution >= 4 is 23.4 Å². The molecule has 3 aromatic rings. The maximum Gasteiger partial charge on any atom is 0.339 e. The van der Waals surface area contributed by atoms with E-state index >= 15 is 0 Å². The van der Waals surface area contributed by atoms with E-state index in [0.717, 1.165) is 13.0 Å². The minimum atomic E-state index is -0.400. The van der Waals surface area contributed by atoms with Gasteiger partial charge in [0, 0.05) is 12.7 Å². The first-order valence-corrected chi connectivity index (χ1v) is 8.31. The number of anilines is 3. The number of nitrogens with zero attached hydrogens (tertiary/aromatic N) is 2. The van der Waals surface area contributed by atoms with Gasteiger partial charge in [-0.25, -0.2) is 9.78 Å². The van der Waals surface area contributed by atoms with Gasteiger partial charge in [0.25, 0.3) is 0 Å². The summed E-state index contributed by atoms with van der Waals surface area (Å²) in [5.74, 6) is 0.725. The highest BCUT2D eigenvalue weighted by Gasteiger charge is 2.11. The Balaban J connectivity index is 1.65. The molecule has 0 atom stereocenters. The zero-order valence-corrected chi connectivity index (χ0v) is 14.5. The zero-order valence-electron chi connectivity index (χ0n) is 14.5. The SMILES string of the molecule is COC(=O)c1ccccc1Nc1ccnc(NCCc2ccccc2)n1. The summed E-state index contributed by atoms with van der Waals surface area (Å²) in [7, 11) is 1.36. The van der Waals surface area contributed by atoms with Crippen LogP contribution in [-0.2, 0) is 11.2 Å². The van der Waals surface area contributed by atoms with Gasteiger partial charge < -0.3 is 15.4 Å². The summed E-state index contributed by atoms with van der Waals surface area (Å²) in [6.07, 6.45) is 2.55. The smallest absolute Gasteiger partial charge is 0.339 e. The molecule has 0 radical (unpaired) electrons. The summed E-state index contributed by atoms with van der Waals surface area (Å²) in [6.45, 7) is 0.728. The molecule has 0 bridgehead atoms. The van der Waals surface area contributed by atoms with Gasteiger partial charge in [-0.1, -0.05) is 42.5 Å². The van der Waals surface area contributed by atoms with Crippen LogP contribution in [0.2, 0.25) is 0 Å². The number of methoxy groups -OCH3 is 1. The fourth-order valence-electron chi connectivity index (χ4n) is 2.49. The van der Waals surface area contributed by atoms with E-state index in [1.807, 2.05) is 24.3 Å². The number of benzene rings is 2. The van der Waals surface area contributed by atoms with Crippen molar-refractivity contribution in [3.05, 3.63) is 78.0 Å². The number of nitrogens with one attached hydrogen (secondary N) is 2. The first-order valence-electron chi connectivity index (χ1n) is 8.31. The maximum absolute atomic E-state index is 11.9. The number of carbonyl (C=O) groups excluding carboxylic acids is 1. The summed E-state index contributed by atoms with van der Waals surface area (Å²) < 4.78 is 4.81. The first kappa shape index (κ1) is 17.4. The third-order valence-electron chi connectivity index (χ3n) is 3.79. The van der Waals surface area contributed by atoms with Crippen molar-refractivity contribution in [2.75, 3.05) is 24.3 Å². The largest absolute Gasteiger partial charge is 0.465 e. The third-order valence-corrected chi connectivity index (χ3v) is 3.79. The van der Waals surface area contributed by atoms with Gasteiger partial charge in [-0.2, -0.15) is 4.98 Å². The van der Waals surface area contributed by atoms with Crippen LogP contribution in [-0.4, -0.2) is 29.6 Å². The maximum atomic E-state index is 11.9. The molecule has 0 aliphatic rings.